The Morgan fingerprint density at radius 2 is 1.90 bits per heavy atom. The van der Waals surface area contributed by atoms with Gasteiger partial charge in [-0.15, -0.1) is 11.3 Å². The van der Waals surface area contributed by atoms with Crippen molar-refractivity contribution in [2.24, 2.45) is 0 Å². The molecule has 0 aliphatic rings. The summed E-state index contributed by atoms with van der Waals surface area (Å²) in [7, 11) is 0. The molecule has 1 unspecified atom stereocenters. The molecule has 0 aliphatic carbocycles. The summed E-state index contributed by atoms with van der Waals surface area (Å²) < 4.78 is 1.68. The van der Waals surface area contributed by atoms with Crippen molar-refractivity contribution < 1.29 is 4.79 Å². The van der Waals surface area contributed by atoms with E-state index in [4.69, 9.17) is 16.6 Å². The van der Waals surface area contributed by atoms with E-state index in [2.05, 4.69) is 5.32 Å². The van der Waals surface area contributed by atoms with Gasteiger partial charge in [0.15, 0.2) is 5.16 Å². The lowest BCUT2D eigenvalue weighted by Crippen LogP contribution is -2.29. The molecule has 1 aromatic carbocycles. The lowest BCUT2D eigenvalue weighted by molar-refractivity contribution is -0.119. The van der Waals surface area contributed by atoms with Crippen LogP contribution < -0.4 is 10.9 Å². The predicted molar refractivity (Wildman–Crippen MR) is 122 cm³/mol. The fraction of sp³-hybridized carbons (Fsp3) is 0.381. The zero-order valence-corrected chi connectivity index (χ0v) is 19.5. The lowest BCUT2D eigenvalue weighted by atomic mass is 10.1. The molecule has 0 saturated carbocycles. The van der Waals surface area contributed by atoms with Crippen molar-refractivity contribution in [1.82, 2.24) is 14.9 Å². The molecule has 29 heavy (non-hydrogen) atoms. The van der Waals surface area contributed by atoms with Crippen molar-refractivity contribution >= 4 is 50.8 Å². The lowest BCUT2D eigenvalue weighted by Gasteiger charge is -2.17. The molecule has 0 saturated heterocycles. The first-order chi connectivity index (χ1) is 13.7. The van der Waals surface area contributed by atoms with Crippen LogP contribution in [-0.4, -0.2) is 21.2 Å². The average Bonchev–Trinajstić information content (AvgIpc) is 2.94. The second-order valence-electron chi connectivity index (χ2n) is 7.26. The number of aromatic nitrogens is 2. The standard InChI is InChI=1S/C21H24ClN3O2S2/c1-11(2)25-20(27)18-12(3)14(5)29-19(18)24-21(25)28-10-17(26)23-13(4)15-6-8-16(22)9-7-15/h6-9,11,13H,10H2,1-5H3,(H,23,26). The van der Waals surface area contributed by atoms with E-state index in [9.17, 15) is 9.59 Å². The van der Waals surface area contributed by atoms with E-state index < -0.39 is 0 Å². The Hall–Kier alpha value is -1.83. The van der Waals surface area contributed by atoms with E-state index in [0.717, 1.165) is 20.8 Å². The molecule has 2 aromatic heterocycles. The molecule has 5 nitrogen and oxygen atoms in total. The number of amides is 1. The van der Waals surface area contributed by atoms with Gasteiger partial charge in [-0.25, -0.2) is 4.98 Å². The number of aryl methyl sites for hydroxylation is 2. The Labute approximate surface area is 183 Å². The predicted octanol–water partition coefficient (Wildman–Crippen LogP) is 5.28. The molecular formula is C21H24ClN3O2S2. The number of thiophene rings is 1. The molecule has 3 rings (SSSR count). The molecule has 1 N–H and O–H groups in total. The molecule has 0 spiro atoms. The van der Waals surface area contributed by atoms with Crippen LogP contribution in [0.1, 0.15) is 48.9 Å². The average molecular weight is 450 g/mol. The third kappa shape index (κ3) is 4.68. The number of thioether (sulfide) groups is 1. The summed E-state index contributed by atoms with van der Waals surface area (Å²) in [6, 6.07) is 7.23. The summed E-state index contributed by atoms with van der Waals surface area (Å²) in [6.45, 7) is 9.79. The van der Waals surface area contributed by atoms with E-state index in [1.807, 2.05) is 46.8 Å². The van der Waals surface area contributed by atoms with Crippen LogP contribution in [0.3, 0.4) is 0 Å². The van der Waals surface area contributed by atoms with E-state index >= 15 is 0 Å². The second-order valence-corrected chi connectivity index (χ2v) is 9.84. The monoisotopic (exact) mass is 449 g/mol. The minimum atomic E-state index is -0.134. The van der Waals surface area contributed by atoms with Crippen LogP contribution in [0, 0.1) is 13.8 Å². The number of fused-ring (bicyclic) bond motifs is 1. The van der Waals surface area contributed by atoms with Crippen molar-refractivity contribution in [1.29, 1.82) is 0 Å². The van der Waals surface area contributed by atoms with Gasteiger partial charge in [0.2, 0.25) is 5.91 Å². The normalized spacial score (nSPS) is 12.5. The number of rotatable bonds is 6. The highest BCUT2D eigenvalue weighted by molar-refractivity contribution is 7.99. The smallest absolute Gasteiger partial charge is 0.263 e. The minimum Gasteiger partial charge on any atom is -0.349 e. The van der Waals surface area contributed by atoms with Crippen LogP contribution >= 0.6 is 34.7 Å². The molecule has 0 aliphatic heterocycles. The highest BCUT2D eigenvalue weighted by Crippen LogP contribution is 2.29. The number of carbonyl (C=O) groups is 1. The Bertz CT molecular complexity index is 1100. The summed E-state index contributed by atoms with van der Waals surface area (Å²) in [6.07, 6.45) is 0. The maximum atomic E-state index is 13.1. The molecular weight excluding hydrogens is 426 g/mol. The van der Waals surface area contributed by atoms with Gasteiger partial charge in [0.1, 0.15) is 4.83 Å². The van der Waals surface area contributed by atoms with Crippen molar-refractivity contribution in [2.75, 3.05) is 5.75 Å². The molecule has 0 bridgehead atoms. The van der Waals surface area contributed by atoms with Crippen molar-refractivity contribution in [2.45, 2.75) is 51.9 Å². The summed E-state index contributed by atoms with van der Waals surface area (Å²) in [5, 5.41) is 4.91. The molecule has 154 valence electrons. The van der Waals surface area contributed by atoms with E-state index in [-0.39, 0.29) is 29.3 Å². The number of hydrogen-bond donors (Lipinski definition) is 1. The zero-order valence-electron chi connectivity index (χ0n) is 17.1. The Kier molecular flexibility index (Phi) is 6.71. The molecule has 2 heterocycles. The fourth-order valence-electron chi connectivity index (χ4n) is 3.09. The number of nitrogens with zero attached hydrogens (tertiary/aromatic N) is 2. The quantitative estimate of drug-likeness (QED) is 0.410. The summed E-state index contributed by atoms with van der Waals surface area (Å²) in [5.74, 6) is 0.0759. The first-order valence-corrected chi connectivity index (χ1v) is 11.6. The molecule has 0 radical (unpaired) electrons. The number of carbonyl (C=O) groups excluding carboxylic acids is 1. The van der Waals surface area contributed by atoms with Crippen LogP contribution in [0.4, 0.5) is 0 Å². The van der Waals surface area contributed by atoms with Crippen LogP contribution in [0.25, 0.3) is 10.2 Å². The van der Waals surface area contributed by atoms with Crippen molar-refractivity contribution in [3.8, 4) is 0 Å². The number of nitrogens with one attached hydrogen (secondary N) is 1. The fourth-order valence-corrected chi connectivity index (χ4v) is 5.23. The maximum absolute atomic E-state index is 13.1. The van der Waals surface area contributed by atoms with Crippen molar-refractivity contribution in [3.05, 3.63) is 55.6 Å². The molecule has 0 fully saturated rings. The highest BCUT2D eigenvalue weighted by Gasteiger charge is 2.19. The van der Waals surface area contributed by atoms with Gasteiger partial charge < -0.3 is 5.32 Å². The van der Waals surface area contributed by atoms with Crippen molar-refractivity contribution in [3.63, 3.8) is 0 Å². The molecule has 1 atom stereocenters. The zero-order chi connectivity index (χ0) is 21.3. The van der Waals surface area contributed by atoms with Gasteiger partial charge in [-0.2, -0.15) is 0 Å². The molecule has 1 amide bonds. The molecule has 8 heteroatoms. The van der Waals surface area contributed by atoms with Gasteiger partial charge >= 0.3 is 0 Å². The topological polar surface area (TPSA) is 64.0 Å². The first kappa shape index (κ1) is 21.9. The number of benzene rings is 1. The van der Waals surface area contributed by atoms with E-state index in [1.54, 1.807) is 16.7 Å². The highest BCUT2D eigenvalue weighted by atomic mass is 35.5. The van der Waals surface area contributed by atoms with E-state index in [0.29, 0.717) is 15.6 Å². The third-order valence-electron chi connectivity index (χ3n) is 4.80. The van der Waals surface area contributed by atoms with Gasteiger partial charge in [0.05, 0.1) is 17.2 Å². The largest absolute Gasteiger partial charge is 0.349 e. The first-order valence-electron chi connectivity index (χ1n) is 9.39. The Balaban J connectivity index is 1.79. The van der Waals surface area contributed by atoms with Gasteiger partial charge in [0.25, 0.3) is 5.56 Å². The summed E-state index contributed by atoms with van der Waals surface area (Å²) in [4.78, 5) is 32.1. The third-order valence-corrected chi connectivity index (χ3v) is 7.10. The minimum absolute atomic E-state index is 0.0377. The van der Waals surface area contributed by atoms with Crippen LogP contribution in [-0.2, 0) is 4.79 Å². The second kappa shape index (κ2) is 8.90. The van der Waals surface area contributed by atoms with Gasteiger partial charge in [-0.05, 0) is 57.9 Å². The summed E-state index contributed by atoms with van der Waals surface area (Å²) in [5.41, 5.74) is 1.93. The summed E-state index contributed by atoms with van der Waals surface area (Å²) >= 11 is 8.74. The van der Waals surface area contributed by atoms with Crippen LogP contribution in [0.15, 0.2) is 34.2 Å². The van der Waals surface area contributed by atoms with Crippen LogP contribution in [0.5, 0.6) is 0 Å². The number of hydrogen-bond acceptors (Lipinski definition) is 5. The Morgan fingerprint density at radius 1 is 1.24 bits per heavy atom. The van der Waals surface area contributed by atoms with Gasteiger partial charge in [0, 0.05) is 15.9 Å². The SMILES string of the molecule is Cc1sc2nc(SCC(=O)NC(C)c3ccc(Cl)cc3)n(C(C)C)c(=O)c2c1C. The Morgan fingerprint density at radius 3 is 2.52 bits per heavy atom. The maximum Gasteiger partial charge on any atom is 0.263 e. The van der Waals surface area contributed by atoms with Gasteiger partial charge in [-0.3, -0.25) is 14.2 Å². The molecule has 3 aromatic rings. The number of halogens is 1. The van der Waals surface area contributed by atoms with E-state index in [1.165, 1.54) is 23.1 Å². The van der Waals surface area contributed by atoms with Gasteiger partial charge in [-0.1, -0.05) is 35.5 Å². The van der Waals surface area contributed by atoms with Crippen LogP contribution in [0.2, 0.25) is 5.02 Å².